The van der Waals surface area contributed by atoms with Crippen LogP contribution in [0.3, 0.4) is 0 Å². The van der Waals surface area contributed by atoms with E-state index in [0.29, 0.717) is 0 Å². The molecule has 4 aromatic carbocycles. The van der Waals surface area contributed by atoms with Gasteiger partial charge in [0.25, 0.3) is 0 Å². The van der Waals surface area contributed by atoms with Gasteiger partial charge >= 0.3 is 48.9 Å². The predicted molar refractivity (Wildman–Crippen MR) is 276 cm³/mol. The van der Waals surface area contributed by atoms with Gasteiger partial charge in [0.1, 0.15) is 20.2 Å². The number of aryl methyl sites for hydroxylation is 4. The van der Waals surface area contributed by atoms with E-state index in [1.54, 1.807) is 12.1 Å². The van der Waals surface area contributed by atoms with E-state index in [-0.39, 0.29) is 58.7 Å². The molecule has 0 aromatic heterocycles. The van der Waals surface area contributed by atoms with Crippen LogP contribution in [0.5, 0.6) is 0 Å². The fourth-order valence-corrected chi connectivity index (χ4v) is 10.2. The number of rotatable bonds is 34. The van der Waals surface area contributed by atoms with E-state index in [2.05, 4.69) is 52.0 Å². The van der Waals surface area contributed by atoms with Gasteiger partial charge in [-0.1, -0.05) is 218 Å². The van der Waals surface area contributed by atoms with Gasteiger partial charge in [0.15, 0.2) is 0 Å². The molecular weight excluding hydrogens is 970 g/mol. The molecule has 0 heterocycles. The molecule has 4 rings (SSSR count). The van der Waals surface area contributed by atoms with Gasteiger partial charge in [-0.25, -0.2) is 16.8 Å². The number of unbranched alkanes of at least 4 members (excludes halogenated alkanes) is 24. The Bertz CT molecular complexity index is 1960. The summed E-state index contributed by atoms with van der Waals surface area (Å²) < 4.78 is 69.7. The molecule has 0 aliphatic heterocycles. The molecule has 0 fully saturated rings. The Morgan fingerprint density at radius 3 is 0.754 bits per heavy atom. The van der Waals surface area contributed by atoms with E-state index < -0.39 is 20.2 Å². The molecule has 0 amide bonds. The zero-order valence-electron chi connectivity index (χ0n) is 41.4. The third-order valence-electron chi connectivity index (χ3n) is 13.1. The summed E-state index contributed by atoms with van der Waals surface area (Å²) in [6, 6.07) is 18.7. The quantitative estimate of drug-likeness (QED) is 0.0261. The summed E-state index contributed by atoms with van der Waals surface area (Å²) in [7, 11) is -8.89. The number of hydrogen-bond acceptors (Lipinski definition) is 6. The average Bonchev–Trinajstić information content (AvgIpc) is 3.27. The summed E-state index contributed by atoms with van der Waals surface area (Å²) >= 11 is 0. The van der Waals surface area contributed by atoms with Crippen LogP contribution < -0.4 is 0 Å². The van der Waals surface area contributed by atoms with Gasteiger partial charge in [-0.05, 0) is 119 Å². The average molecular weight is 1060 g/mol. The van der Waals surface area contributed by atoms with Gasteiger partial charge in [-0.2, -0.15) is 0 Å². The minimum Gasteiger partial charge on any atom is -0.744 e. The first kappa shape index (κ1) is 59.9. The molecule has 0 aliphatic carbocycles. The normalized spacial score (nSPS) is 11.8. The predicted octanol–water partition coefficient (Wildman–Crippen LogP) is 16.3. The van der Waals surface area contributed by atoms with Gasteiger partial charge in [0.05, 0.1) is 9.79 Å². The third-order valence-corrected chi connectivity index (χ3v) is 14.8. The third kappa shape index (κ3) is 23.8. The van der Waals surface area contributed by atoms with Gasteiger partial charge in [0, 0.05) is 0 Å². The second kappa shape index (κ2) is 35.0. The fraction of sp³-hybridized carbons (Fsp3) is 0.643. The second-order valence-corrected chi connectivity index (χ2v) is 21.3. The van der Waals surface area contributed by atoms with Crippen molar-refractivity contribution in [3.05, 3.63) is 82.9 Å². The first-order valence-corrected chi connectivity index (χ1v) is 28.8. The molecule has 0 N–H and O–H groups in total. The molecule has 0 spiro atoms. The molecule has 4 aromatic rings. The maximum absolute atomic E-state index is 11.6. The zero-order chi connectivity index (χ0) is 46.5. The van der Waals surface area contributed by atoms with Gasteiger partial charge in [-0.15, -0.1) is 0 Å². The number of fused-ring (bicyclic) bond motifs is 2. The van der Waals surface area contributed by atoms with Crippen LogP contribution in [0, 0.1) is 0 Å². The Kier molecular flexibility index (Phi) is 32.2. The van der Waals surface area contributed by atoms with Crippen LogP contribution in [0.15, 0.2) is 70.5 Å². The van der Waals surface area contributed by atoms with Crippen molar-refractivity contribution in [2.24, 2.45) is 0 Å². The molecule has 0 aliphatic rings. The van der Waals surface area contributed by atoms with E-state index in [0.717, 1.165) is 72.9 Å². The summed E-state index contributed by atoms with van der Waals surface area (Å²) in [5.74, 6) is 0. The summed E-state index contributed by atoms with van der Waals surface area (Å²) in [5, 5.41) is 4.13. The van der Waals surface area contributed by atoms with Crippen molar-refractivity contribution in [1.82, 2.24) is 0 Å². The van der Waals surface area contributed by atoms with Crippen LogP contribution in [0.4, 0.5) is 0 Å². The minimum atomic E-state index is -4.44. The first-order valence-electron chi connectivity index (χ1n) is 25.9. The van der Waals surface area contributed by atoms with Crippen molar-refractivity contribution in [2.75, 3.05) is 0 Å². The van der Waals surface area contributed by atoms with E-state index in [9.17, 15) is 25.9 Å². The largest absolute Gasteiger partial charge is 2.00 e. The molecule has 360 valence electrons. The van der Waals surface area contributed by atoms with Gasteiger partial charge in [-0.3, -0.25) is 0 Å². The molecule has 0 saturated carbocycles. The van der Waals surface area contributed by atoms with E-state index in [1.807, 2.05) is 12.1 Å². The number of benzene rings is 4. The van der Waals surface area contributed by atoms with Crippen LogP contribution in [-0.2, 0) is 45.9 Å². The first-order chi connectivity index (χ1) is 30.9. The standard InChI is InChI=1S/2C28H44O3S.Ba/c2*1-3-5-7-9-11-13-15-17-24-19-20-25(18-16-14-12-10-8-6-4-2)28-23-26(32(29,30)31)21-22-27(24)28;/h2*19-23H,3-18H2,1-2H3,(H,29,30,31);/q;;+2/p-2. The topological polar surface area (TPSA) is 114 Å². The summed E-state index contributed by atoms with van der Waals surface area (Å²) in [6.45, 7) is 8.95. The molecule has 0 atom stereocenters. The summed E-state index contributed by atoms with van der Waals surface area (Å²) in [4.78, 5) is -0.224. The van der Waals surface area contributed by atoms with Crippen molar-refractivity contribution in [1.29, 1.82) is 0 Å². The molecule has 0 saturated heterocycles. The molecular formula is C56H86BaO6S2. The van der Waals surface area contributed by atoms with Gasteiger partial charge in [0.2, 0.25) is 0 Å². The maximum atomic E-state index is 11.6. The zero-order valence-corrected chi connectivity index (χ0v) is 47.4. The van der Waals surface area contributed by atoms with Crippen molar-refractivity contribution < 1.29 is 25.9 Å². The molecule has 0 bridgehead atoms. The van der Waals surface area contributed by atoms with Crippen LogP contribution in [-0.4, -0.2) is 74.8 Å². The van der Waals surface area contributed by atoms with Gasteiger partial charge < -0.3 is 9.11 Å². The van der Waals surface area contributed by atoms with Crippen LogP contribution in [0.25, 0.3) is 21.5 Å². The van der Waals surface area contributed by atoms with Crippen LogP contribution >= 0.6 is 0 Å². The van der Waals surface area contributed by atoms with E-state index >= 15 is 0 Å². The smallest absolute Gasteiger partial charge is 0.744 e. The Morgan fingerprint density at radius 1 is 0.308 bits per heavy atom. The second-order valence-electron chi connectivity index (χ2n) is 18.6. The Morgan fingerprint density at radius 2 is 0.523 bits per heavy atom. The summed E-state index contributed by atoms with van der Waals surface area (Å²) in [5.41, 5.74) is 4.88. The molecule has 0 radical (unpaired) electrons. The SMILES string of the molecule is CCCCCCCCCc1ccc(CCCCCCCCC)c2cc(S(=O)(=O)[O-])ccc12.CCCCCCCCCc1ccc(CCCCCCCCC)c2cc(S(=O)(=O)[O-])ccc12.[Ba+2]. The van der Waals surface area contributed by atoms with E-state index in [4.69, 9.17) is 0 Å². The molecule has 6 nitrogen and oxygen atoms in total. The van der Waals surface area contributed by atoms with Crippen molar-refractivity contribution >= 4 is 90.7 Å². The van der Waals surface area contributed by atoms with Crippen molar-refractivity contribution in [2.45, 2.75) is 243 Å². The van der Waals surface area contributed by atoms with Crippen LogP contribution in [0.2, 0.25) is 0 Å². The Balaban J connectivity index is 0.000000440. The van der Waals surface area contributed by atoms with Crippen LogP contribution in [0.1, 0.15) is 230 Å². The molecule has 0 unspecified atom stereocenters. The fourth-order valence-electron chi connectivity index (χ4n) is 9.17. The Labute approximate surface area is 438 Å². The monoisotopic (exact) mass is 1060 g/mol. The van der Waals surface area contributed by atoms with E-state index in [1.165, 1.54) is 188 Å². The molecule has 65 heavy (non-hydrogen) atoms. The molecule has 9 heteroatoms. The summed E-state index contributed by atoms with van der Waals surface area (Å²) in [6.07, 6.45) is 39.2. The Hall–Kier alpha value is -1.21. The minimum absolute atomic E-state index is 0. The van der Waals surface area contributed by atoms with Crippen molar-refractivity contribution in [3.8, 4) is 0 Å². The maximum Gasteiger partial charge on any atom is 2.00 e. The van der Waals surface area contributed by atoms with Crippen molar-refractivity contribution in [3.63, 3.8) is 0 Å². The number of hydrogen-bond donors (Lipinski definition) is 0.